The van der Waals surface area contributed by atoms with Gasteiger partial charge < -0.3 is 14.8 Å². The molecule has 0 atom stereocenters. The molecule has 0 aliphatic heterocycles. The van der Waals surface area contributed by atoms with Gasteiger partial charge in [0.2, 0.25) is 0 Å². The summed E-state index contributed by atoms with van der Waals surface area (Å²) in [5, 5.41) is 3.13. The van der Waals surface area contributed by atoms with Crippen LogP contribution in [0.5, 0.6) is 11.5 Å². The van der Waals surface area contributed by atoms with E-state index >= 15 is 0 Å². The Morgan fingerprint density at radius 3 is 2.46 bits per heavy atom. The number of carbonyl (C=O) groups excluding carboxylic acids is 2. The second kappa shape index (κ2) is 7.84. The summed E-state index contributed by atoms with van der Waals surface area (Å²) in [5.41, 5.74) is 1.51. The monoisotopic (exact) mass is 347 g/mol. The molecule has 6 heteroatoms. The van der Waals surface area contributed by atoms with Gasteiger partial charge in [-0.3, -0.25) is 9.59 Å². The van der Waals surface area contributed by atoms with Crippen LogP contribution in [0.2, 0.25) is 5.02 Å². The summed E-state index contributed by atoms with van der Waals surface area (Å²) in [5.74, 6) is 0.805. The van der Waals surface area contributed by atoms with E-state index < -0.39 is 0 Å². The minimum absolute atomic E-state index is 0.188. The van der Waals surface area contributed by atoms with Crippen LogP contribution in [0.25, 0.3) is 0 Å². The van der Waals surface area contributed by atoms with E-state index in [0.29, 0.717) is 27.6 Å². The summed E-state index contributed by atoms with van der Waals surface area (Å²) < 4.78 is 10.4. The zero-order valence-corrected chi connectivity index (χ0v) is 14.4. The average Bonchev–Trinajstić information content (AvgIpc) is 2.59. The van der Waals surface area contributed by atoms with Crippen molar-refractivity contribution < 1.29 is 19.1 Å². The lowest BCUT2D eigenvalue weighted by Crippen LogP contribution is -2.23. The summed E-state index contributed by atoms with van der Waals surface area (Å²) in [6, 6.07) is 9.97. The molecule has 24 heavy (non-hydrogen) atoms. The van der Waals surface area contributed by atoms with Crippen molar-refractivity contribution in [1.82, 2.24) is 5.32 Å². The third-order valence-corrected chi connectivity index (χ3v) is 3.87. The standard InChI is InChI=1S/C18H18ClNO4/c1-11(21)15-8-12(5-7-16(15)19)18(22)20-10-13-4-6-14(23-2)9-17(13)24-3/h4-9H,10H2,1-3H3,(H,20,22). The fourth-order valence-corrected chi connectivity index (χ4v) is 2.46. The van der Waals surface area contributed by atoms with Gasteiger partial charge in [-0.15, -0.1) is 0 Å². The molecular formula is C18H18ClNO4. The zero-order chi connectivity index (χ0) is 17.7. The number of ether oxygens (including phenoxy) is 2. The number of ketones is 1. The van der Waals surface area contributed by atoms with E-state index in [1.165, 1.54) is 13.0 Å². The first kappa shape index (κ1) is 17.8. The Morgan fingerprint density at radius 2 is 1.83 bits per heavy atom. The van der Waals surface area contributed by atoms with Crippen molar-refractivity contribution in [1.29, 1.82) is 0 Å². The van der Waals surface area contributed by atoms with Crippen LogP contribution in [0.4, 0.5) is 0 Å². The van der Waals surface area contributed by atoms with E-state index in [4.69, 9.17) is 21.1 Å². The highest BCUT2D eigenvalue weighted by Gasteiger charge is 2.12. The van der Waals surface area contributed by atoms with Gasteiger partial charge in [-0.25, -0.2) is 0 Å². The van der Waals surface area contributed by atoms with Gasteiger partial charge in [0.05, 0.1) is 19.2 Å². The normalized spacial score (nSPS) is 10.2. The third kappa shape index (κ3) is 4.06. The molecule has 0 heterocycles. The fraction of sp³-hybridized carbons (Fsp3) is 0.222. The predicted octanol–water partition coefficient (Wildman–Crippen LogP) is 3.49. The fourth-order valence-electron chi connectivity index (χ4n) is 2.21. The maximum absolute atomic E-state index is 12.3. The molecule has 126 valence electrons. The van der Waals surface area contributed by atoms with Crippen molar-refractivity contribution in [2.75, 3.05) is 14.2 Å². The predicted molar refractivity (Wildman–Crippen MR) is 92.2 cm³/mol. The summed E-state index contributed by atoms with van der Waals surface area (Å²) in [4.78, 5) is 23.8. The number of hydrogen-bond acceptors (Lipinski definition) is 4. The molecule has 0 saturated heterocycles. The van der Waals surface area contributed by atoms with Crippen LogP contribution in [-0.4, -0.2) is 25.9 Å². The molecule has 0 aliphatic rings. The molecule has 0 aromatic heterocycles. The number of Topliss-reactive ketones (excluding diaryl/α,β-unsaturated/α-hetero) is 1. The lowest BCUT2D eigenvalue weighted by Gasteiger charge is -2.12. The minimum Gasteiger partial charge on any atom is -0.497 e. The van der Waals surface area contributed by atoms with Gasteiger partial charge in [-0.05, 0) is 37.3 Å². The summed E-state index contributed by atoms with van der Waals surface area (Å²) in [6.07, 6.45) is 0. The first-order valence-electron chi connectivity index (χ1n) is 7.26. The lowest BCUT2D eigenvalue weighted by molar-refractivity contribution is 0.0950. The van der Waals surface area contributed by atoms with Gasteiger partial charge in [0.25, 0.3) is 5.91 Å². The zero-order valence-electron chi connectivity index (χ0n) is 13.7. The second-order valence-electron chi connectivity index (χ2n) is 5.11. The van der Waals surface area contributed by atoms with E-state index in [2.05, 4.69) is 5.32 Å². The van der Waals surface area contributed by atoms with E-state index in [1.807, 2.05) is 6.07 Å². The number of nitrogens with one attached hydrogen (secondary N) is 1. The smallest absolute Gasteiger partial charge is 0.251 e. The molecule has 2 aromatic carbocycles. The van der Waals surface area contributed by atoms with Gasteiger partial charge in [0.15, 0.2) is 5.78 Å². The number of methoxy groups -OCH3 is 2. The molecule has 0 bridgehead atoms. The van der Waals surface area contributed by atoms with Crippen molar-refractivity contribution in [2.24, 2.45) is 0 Å². The van der Waals surface area contributed by atoms with Crippen LogP contribution in [0.15, 0.2) is 36.4 Å². The Labute approximate surface area is 145 Å². The van der Waals surface area contributed by atoms with E-state index in [0.717, 1.165) is 5.56 Å². The largest absolute Gasteiger partial charge is 0.497 e. The van der Waals surface area contributed by atoms with Gasteiger partial charge in [-0.1, -0.05) is 11.6 Å². The van der Waals surface area contributed by atoms with Gasteiger partial charge in [0, 0.05) is 29.3 Å². The highest BCUT2D eigenvalue weighted by Crippen LogP contribution is 2.24. The van der Waals surface area contributed by atoms with Gasteiger partial charge in [0.1, 0.15) is 11.5 Å². The first-order chi connectivity index (χ1) is 11.5. The molecule has 1 N–H and O–H groups in total. The molecule has 0 unspecified atom stereocenters. The topological polar surface area (TPSA) is 64.6 Å². The molecule has 2 rings (SSSR count). The number of hydrogen-bond donors (Lipinski definition) is 1. The average molecular weight is 348 g/mol. The van der Waals surface area contributed by atoms with Crippen molar-refractivity contribution in [3.05, 3.63) is 58.1 Å². The maximum Gasteiger partial charge on any atom is 0.251 e. The Balaban J connectivity index is 2.14. The Hall–Kier alpha value is -2.53. The second-order valence-corrected chi connectivity index (χ2v) is 5.52. The van der Waals surface area contributed by atoms with E-state index in [9.17, 15) is 9.59 Å². The molecule has 2 aromatic rings. The summed E-state index contributed by atoms with van der Waals surface area (Å²) >= 11 is 5.96. The minimum atomic E-state index is -0.299. The van der Waals surface area contributed by atoms with Crippen molar-refractivity contribution in [2.45, 2.75) is 13.5 Å². The number of halogens is 1. The Morgan fingerprint density at radius 1 is 1.08 bits per heavy atom. The maximum atomic E-state index is 12.3. The Kier molecular flexibility index (Phi) is 5.82. The van der Waals surface area contributed by atoms with E-state index in [1.54, 1.807) is 38.5 Å². The molecule has 5 nitrogen and oxygen atoms in total. The Bertz CT molecular complexity index is 774. The van der Waals surface area contributed by atoms with Crippen LogP contribution in [0.3, 0.4) is 0 Å². The molecule has 1 amide bonds. The molecule has 0 aliphatic carbocycles. The highest BCUT2D eigenvalue weighted by molar-refractivity contribution is 6.34. The van der Waals surface area contributed by atoms with Gasteiger partial charge in [-0.2, -0.15) is 0 Å². The number of carbonyl (C=O) groups is 2. The van der Waals surface area contributed by atoms with Crippen LogP contribution in [-0.2, 0) is 6.54 Å². The van der Waals surface area contributed by atoms with Crippen LogP contribution in [0.1, 0.15) is 33.2 Å². The molecule has 0 saturated carbocycles. The quantitative estimate of drug-likeness (QED) is 0.812. The van der Waals surface area contributed by atoms with Crippen molar-refractivity contribution >= 4 is 23.3 Å². The van der Waals surface area contributed by atoms with Crippen molar-refractivity contribution in [3.8, 4) is 11.5 Å². The third-order valence-electron chi connectivity index (χ3n) is 3.54. The van der Waals surface area contributed by atoms with Crippen molar-refractivity contribution in [3.63, 3.8) is 0 Å². The molecule has 0 spiro atoms. The summed E-state index contributed by atoms with van der Waals surface area (Å²) in [7, 11) is 3.13. The molecule has 0 radical (unpaired) electrons. The highest BCUT2D eigenvalue weighted by atomic mass is 35.5. The lowest BCUT2D eigenvalue weighted by atomic mass is 10.1. The first-order valence-corrected chi connectivity index (χ1v) is 7.63. The molecular weight excluding hydrogens is 330 g/mol. The van der Waals surface area contributed by atoms with Crippen LogP contribution in [0, 0.1) is 0 Å². The number of amides is 1. The SMILES string of the molecule is COc1ccc(CNC(=O)c2ccc(Cl)c(C(C)=O)c2)c(OC)c1. The van der Waals surface area contributed by atoms with Crippen LogP contribution < -0.4 is 14.8 Å². The number of rotatable bonds is 6. The number of benzene rings is 2. The summed E-state index contributed by atoms with van der Waals surface area (Å²) in [6.45, 7) is 1.69. The van der Waals surface area contributed by atoms with E-state index in [-0.39, 0.29) is 18.2 Å². The molecule has 0 fully saturated rings. The van der Waals surface area contributed by atoms with Gasteiger partial charge >= 0.3 is 0 Å². The van der Waals surface area contributed by atoms with Crippen LogP contribution >= 0.6 is 11.6 Å².